The largest absolute Gasteiger partial charge is 0.286 e. The molecule has 1 aliphatic heterocycles. The van der Waals surface area contributed by atoms with Gasteiger partial charge in [-0.3, -0.25) is 9.69 Å². The maximum atomic E-state index is 13.0. The van der Waals surface area contributed by atoms with E-state index in [9.17, 15) is 4.79 Å². The third-order valence-electron chi connectivity index (χ3n) is 4.05. The third kappa shape index (κ3) is 3.47. The van der Waals surface area contributed by atoms with Gasteiger partial charge < -0.3 is 0 Å². The smallest absolute Gasteiger partial charge is 0.278 e. The van der Waals surface area contributed by atoms with Crippen molar-refractivity contribution in [3.8, 4) is 0 Å². The van der Waals surface area contributed by atoms with Crippen LogP contribution >= 0.6 is 22.9 Å². The molecule has 128 valence electrons. The molecule has 0 saturated heterocycles. The van der Waals surface area contributed by atoms with Crippen molar-refractivity contribution in [1.29, 1.82) is 0 Å². The molecule has 0 bridgehead atoms. The summed E-state index contributed by atoms with van der Waals surface area (Å²) in [6.45, 7) is 0.450. The zero-order valence-corrected chi connectivity index (χ0v) is 15.4. The van der Waals surface area contributed by atoms with Gasteiger partial charge in [0.1, 0.15) is 11.5 Å². The van der Waals surface area contributed by atoms with Crippen molar-refractivity contribution < 1.29 is 4.79 Å². The number of hydrogen-bond donors (Lipinski definition) is 0. The first-order valence-corrected chi connectivity index (χ1v) is 9.42. The molecule has 2 heterocycles. The van der Waals surface area contributed by atoms with Crippen molar-refractivity contribution >= 4 is 40.8 Å². The molecule has 2 aromatic carbocycles. The number of amidine groups is 1. The number of benzene rings is 2. The van der Waals surface area contributed by atoms with E-state index in [0.717, 1.165) is 16.0 Å². The maximum Gasteiger partial charge on any atom is 0.278 e. The van der Waals surface area contributed by atoms with Crippen LogP contribution in [0.2, 0.25) is 5.02 Å². The summed E-state index contributed by atoms with van der Waals surface area (Å²) in [6.07, 6.45) is 1.85. The highest BCUT2D eigenvalue weighted by Gasteiger charge is 2.31. The quantitative estimate of drug-likeness (QED) is 0.572. The fourth-order valence-corrected chi connectivity index (χ4v) is 3.56. The number of hydrogen-bond acceptors (Lipinski definition) is 3. The zero-order valence-electron chi connectivity index (χ0n) is 13.8. The van der Waals surface area contributed by atoms with Crippen LogP contribution in [0.5, 0.6) is 0 Å². The molecule has 0 aliphatic carbocycles. The van der Waals surface area contributed by atoms with Crippen LogP contribution in [0.1, 0.15) is 16.0 Å². The average Bonchev–Trinajstić information content (AvgIpc) is 3.28. The molecule has 0 unspecified atom stereocenters. The number of amides is 1. The Kier molecular flexibility index (Phi) is 4.69. The standard InChI is InChI=1S/C21H15ClN2OS/c22-17-10-8-15(9-11-17)14-24-20(16-5-2-1-3-6-16)23-19(21(24)25)13-18-7-4-12-26-18/h1-13H,14H2/b19-13-. The van der Waals surface area contributed by atoms with E-state index in [1.165, 1.54) is 0 Å². The topological polar surface area (TPSA) is 32.7 Å². The Bertz CT molecular complexity index is 977. The predicted molar refractivity (Wildman–Crippen MR) is 107 cm³/mol. The highest BCUT2D eigenvalue weighted by atomic mass is 35.5. The molecule has 0 spiro atoms. The Morgan fingerprint density at radius 1 is 1.00 bits per heavy atom. The molecule has 3 nitrogen and oxygen atoms in total. The van der Waals surface area contributed by atoms with Crippen LogP contribution in [0.4, 0.5) is 0 Å². The zero-order chi connectivity index (χ0) is 17.9. The molecule has 1 aliphatic rings. The van der Waals surface area contributed by atoms with Crippen molar-refractivity contribution in [2.24, 2.45) is 4.99 Å². The van der Waals surface area contributed by atoms with Gasteiger partial charge in [0.15, 0.2) is 0 Å². The summed E-state index contributed by atoms with van der Waals surface area (Å²) in [5.74, 6) is 0.584. The minimum Gasteiger partial charge on any atom is -0.286 e. The van der Waals surface area contributed by atoms with Gasteiger partial charge >= 0.3 is 0 Å². The number of rotatable bonds is 4. The van der Waals surface area contributed by atoms with E-state index in [0.29, 0.717) is 23.1 Å². The van der Waals surface area contributed by atoms with E-state index in [1.807, 2.05) is 78.2 Å². The Balaban J connectivity index is 1.72. The van der Waals surface area contributed by atoms with Crippen LogP contribution in [0.3, 0.4) is 0 Å². The lowest BCUT2D eigenvalue weighted by Gasteiger charge is -2.18. The van der Waals surface area contributed by atoms with E-state index in [-0.39, 0.29) is 5.91 Å². The van der Waals surface area contributed by atoms with Crippen molar-refractivity contribution in [2.45, 2.75) is 6.54 Å². The van der Waals surface area contributed by atoms with Gasteiger partial charge in [0.05, 0.1) is 6.54 Å². The Morgan fingerprint density at radius 2 is 1.77 bits per heavy atom. The van der Waals surface area contributed by atoms with Crippen LogP contribution in [-0.4, -0.2) is 16.6 Å². The highest BCUT2D eigenvalue weighted by Crippen LogP contribution is 2.25. The number of halogens is 1. The van der Waals surface area contributed by atoms with Crippen LogP contribution < -0.4 is 0 Å². The van der Waals surface area contributed by atoms with Crippen LogP contribution in [0.15, 0.2) is 82.8 Å². The molecule has 1 amide bonds. The lowest BCUT2D eigenvalue weighted by atomic mass is 10.1. The summed E-state index contributed by atoms with van der Waals surface area (Å²) in [4.78, 5) is 20.4. The van der Waals surface area contributed by atoms with Crippen molar-refractivity contribution in [2.75, 3.05) is 0 Å². The molecular weight excluding hydrogens is 364 g/mol. The third-order valence-corrected chi connectivity index (χ3v) is 5.13. The number of carbonyl (C=O) groups excluding carboxylic acids is 1. The number of thiophene rings is 1. The van der Waals surface area contributed by atoms with Crippen molar-refractivity contribution in [3.05, 3.63) is 98.8 Å². The SMILES string of the molecule is O=C1/C(=C/c2cccs2)N=C(c2ccccc2)N1Cc1ccc(Cl)cc1. The van der Waals surface area contributed by atoms with Gasteiger partial charge in [0, 0.05) is 15.5 Å². The van der Waals surface area contributed by atoms with Gasteiger partial charge in [-0.05, 0) is 35.2 Å². The summed E-state index contributed by atoms with van der Waals surface area (Å²) >= 11 is 7.56. The first kappa shape index (κ1) is 16.8. The molecule has 3 aromatic rings. The Hall–Kier alpha value is -2.69. The summed E-state index contributed by atoms with van der Waals surface area (Å²) in [6, 6.07) is 21.2. The van der Waals surface area contributed by atoms with E-state index in [2.05, 4.69) is 4.99 Å². The van der Waals surface area contributed by atoms with E-state index in [4.69, 9.17) is 11.6 Å². The second kappa shape index (κ2) is 7.28. The van der Waals surface area contributed by atoms with E-state index < -0.39 is 0 Å². The molecule has 0 N–H and O–H groups in total. The lowest BCUT2D eigenvalue weighted by Crippen LogP contribution is -2.32. The second-order valence-corrected chi connectivity index (χ2v) is 7.28. The Labute approximate surface area is 160 Å². The fraction of sp³-hybridized carbons (Fsp3) is 0.0476. The van der Waals surface area contributed by atoms with Crippen molar-refractivity contribution in [1.82, 2.24) is 4.90 Å². The summed E-state index contributed by atoms with van der Waals surface area (Å²) in [5, 5.41) is 2.66. The van der Waals surface area contributed by atoms with E-state index >= 15 is 0 Å². The number of carbonyl (C=O) groups is 1. The lowest BCUT2D eigenvalue weighted by molar-refractivity contribution is -0.123. The first-order chi connectivity index (χ1) is 12.7. The second-order valence-electron chi connectivity index (χ2n) is 5.86. The molecular formula is C21H15ClN2OS. The van der Waals surface area contributed by atoms with Gasteiger partial charge in [-0.25, -0.2) is 4.99 Å². The Morgan fingerprint density at radius 3 is 2.46 bits per heavy atom. The average molecular weight is 379 g/mol. The molecule has 0 fully saturated rings. The molecule has 4 rings (SSSR count). The highest BCUT2D eigenvalue weighted by molar-refractivity contribution is 7.10. The van der Waals surface area contributed by atoms with Crippen LogP contribution in [-0.2, 0) is 11.3 Å². The first-order valence-electron chi connectivity index (χ1n) is 8.16. The molecule has 0 atom stereocenters. The van der Waals surface area contributed by atoms with Crippen LogP contribution in [0.25, 0.3) is 6.08 Å². The van der Waals surface area contributed by atoms with Crippen molar-refractivity contribution in [3.63, 3.8) is 0 Å². The monoisotopic (exact) mass is 378 g/mol. The van der Waals surface area contributed by atoms with Gasteiger partial charge in [0.25, 0.3) is 5.91 Å². The minimum atomic E-state index is -0.0906. The number of aliphatic imine (C=N–C) groups is 1. The minimum absolute atomic E-state index is 0.0906. The molecule has 0 radical (unpaired) electrons. The summed E-state index contributed by atoms with van der Waals surface area (Å²) in [7, 11) is 0. The van der Waals surface area contributed by atoms with E-state index in [1.54, 1.807) is 16.2 Å². The summed E-state index contributed by atoms with van der Waals surface area (Å²) < 4.78 is 0. The molecule has 0 saturated carbocycles. The summed E-state index contributed by atoms with van der Waals surface area (Å²) in [5.41, 5.74) is 2.38. The fourth-order valence-electron chi connectivity index (χ4n) is 2.79. The van der Waals surface area contributed by atoms with Gasteiger partial charge in [0.2, 0.25) is 0 Å². The van der Waals surface area contributed by atoms with Gasteiger partial charge in [-0.15, -0.1) is 11.3 Å². The van der Waals surface area contributed by atoms with Gasteiger partial charge in [-0.1, -0.05) is 60.1 Å². The number of nitrogens with zero attached hydrogens (tertiary/aromatic N) is 2. The maximum absolute atomic E-state index is 13.0. The van der Waals surface area contributed by atoms with Crippen LogP contribution in [0, 0.1) is 0 Å². The molecule has 1 aromatic heterocycles. The normalized spacial score (nSPS) is 15.6. The molecule has 5 heteroatoms. The predicted octanol–water partition coefficient (Wildman–Crippen LogP) is 5.23. The van der Waals surface area contributed by atoms with Gasteiger partial charge in [-0.2, -0.15) is 0 Å². The molecule has 26 heavy (non-hydrogen) atoms.